The molecule has 0 unspecified atom stereocenters. The van der Waals surface area contributed by atoms with E-state index in [4.69, 9.17) is 6.42 Å². The third-order valence-electron chi connectivity index (χ3n) is 1.88. The summed E-state index contributed by atoms with van der Waals surface area (Å²) in [6.07, 6.45) is 7.03. The monoisotopic (exact) mass is 176 g/mol. The van der Waals surface area contributed by atoms with Crippen molar-refractivity contribution in [1.82, 2.24) is 0 Å². The van der Waals surface area contributed by atoms with E-state index in [2.05, 4.69) is 5.92 Å². The first-order valence-electron chi connectivity index (χ1n) is 4.20. The molecule has 0 aromatic heterocycles. The molecule has 0 bridgehead atoms. The molecule has 0 amide bonds. The molecule has 13 heavy (non-hydrogen) atoms. The fourth-order valence-corrected chi connectivity index (χ4v) is 1.23. The van der Waals surface area contributed by atoms with E-state index in [-0.39, 0.29) is 11.5 Å². The van der Waals surface area contributed by atoms with Gasteiger partial charge in [0.2, 0.25) is 0 Å². The number of benzene rings is 1. The summed E-state index contributed by atoms with van der Waals surface area (Å²) in [5.74, 6) is 2.21. The molecule has 2 N–H and O–H groups in total. The number of rotatable bonds is 2. The van der Waals surface area contributed by atoms with Crippen LogP contribution in [-0.4, -0.2) is 10.2 Å². The van der Waals surface area contributed by atoms with E-state index in [1.807, 2.05) is 6.92 Å². The van der Waals surface area contributed by atoms with Crippen molar-refractivity contribution in [3.05, 3.63) is 23.3 Å². The maximum atomic E-state index is 9.23. The molecule has 0 aliphatic carbocycles. The summed E-state index contributed by atoms with van der Waals surface area (Å²) in [6.45, 7) is 2.03. The zero-order valence-electron chi connectivity index (χ0n) is 7.54. The number of hydrogen-bond donors (Lipinski definition) is 2. The summed E-state index contributed by atoms with van der Waals surface area (Å²) in [7, 11) is 0. The first-order valence-corrected chi connectivity index (χ1v) is 4.20. The van der Waals surface area contributed by atoms with Gasteiger partial charge in [0.05, 0.1) is 0 Å². The van der Waals surface area contributed by atoms with Gasteiger partial charge in [-0.25, -0.2) is 0 Å². The Bertz CT molecular complexity index is 348. The van der Waals surface area contributed by atoms with Crippen LogP contribution in [0.25, 0.3) is 0 Å². The largest absolute Gasteiger partial charge is 0.504 e. The molecule has 0 heterocycles. The van der Waals surface area contributed by atoms with Crippen LogP contribution in [0.15, 0.2) is 12.1 Å². The highest BCUT2D eigenvalue weighted by atomic mass is 16.3. The quantitative estimate of drug-likeness (QED) is 0.534. The Morgan fingerprint density at radius 2 is 1.92 bits per heavy atom. The van der Waals surface area contributed by atoms with Crippen molar-refractivity contribution in [3.8, 4) is 23.8 Å². The summed E-state index contributed by atoms with van der Waals surface area (Å²) in [5, 5.41) is 18.4. The second-order valence-corrected chi connectivity index (χ2v) is 2.89. The molecule has 0 saturated heterocycles. The van der Waals surface area contributed by atoms with E-state index >= 15 is 0 Å². The first kappa shape index (κ1) is 9.47. The van der Waals surface area contributed by atoms with Crippen LogP contribution in [0.2, 0.25) is 0 Å². The summed E-state index contributed by atoms with van der Waals surface area (Å²) in [6, 6.07) is 2.94. The fraction of sp³-hybridized carbons (Fsp3) is 0.273. The van der Waals surface area contributed by atoms with Crippen molar-refractivity contribution in [3.63, 3.8) is 0 Å². The topological polar surface area (TPSA) is 40.5 Å². The average Bonchev–Trinajstić information content (AvgIpc) is 2.11. The Hall–Kier alpha value is -1.62. The normalized spacial score (nSPS) is 9.54. The van der Waals surface area contributed by atoms with Crippen LogP contribution in [0.1, 0.15) is 24.5 Å². The lowest BCUT2D eigenvalue weighted by molar-refractivity contribution is 0.403. The van der Waals surface area contributed by atoms with Crippen molar-refractivity contribution in [2.24, 2.45) is 0 Å². The maximum absolute atomic E-state index is 9.23. The third kappa shape index (κ3) is 1.94. The van der Waals surface area contributed by atoms with Gasteiger partial charge in [-0.05, 0) is 24.1 Å². The number of aryl methyl sites for hydroxylation is 1. The number of phenols is 2. The van der Waals surface area contributed by atoms with Crippen LogP contribution < -0.4 is 0 Å². The Morgan fingerprint density at radius 1 is 1.31 bits per heavy atom. The van der Waals surface area contributed by atoms with Gasteiger partial charge in [-0.1, -0.05) is 19.3 Å². The Kier molecular flexibility index (Phi) is 2.81. The molecular weight excluding hydrogens is 164 g/mol. The molecule has 0 aliphatic heterocycles. The van der Waals surface area contributed by atoms with Crippen LogP contribution >= 0.6 is 0 Å². The van der Waals surface area contributed by atoms with Gasteiger partial charge >= 0.3 is 0 Å². The van der Waals surface area contributed by atoms with Crippen molar-refractivity contribution in [2.45, 2.75) is 19.8 Å². The average molecular weight is 176 g/mol. The second kappa shape index (κ2) is 3.86. The van der Waals surface area contributed by atoms with Crippen LogP contribution in [0.4, 0.5) is 0 Å². The highest BCUT2D eigenvalue weighted by Crippen LogP contribution is 2.28. The number of phenolic OH excluding ortho intramolecular Hbond substituents is 2. The molecule has 0 radical (unpaired) electrons. The minimum absolute atomic E-state index is 0.109. The summed E-state index contributed by atoms with van der Waals surface area (Å²) < 4.78 is 0. The zero-order valence-corrected chi connectivity index (χ0v) is 7.54. The zero-order chi connectivity index (χ0) is 9.84. The van der Waals surface area contributed by atoms with Crippen LogP contribution in [0.5, 0.6) is 11.5 Å². The van der Waals surface area contributed by atoms with Crippen LogP contribution in [0.3, 0.4) is 0 Å². The molecule has 0 atom stereocenters. The fourth-order valence-electron chi connectivity index (χ4n) is 1.23. The van der Waals surface area contributed by atoms with E-state index in [9.17, 15) is 10.2 Å². The first-order chi connectivity index (χ1) is 6.19. The lowest BCUT2D eigenvalue weighted by Crippen LogP contribution is -1.89. The Balaban J connectivity index is 3.18. The minimum atomic E-state index is -0.159. The molecule has 68 valence electrons. The molecule has 1 aromatic rings. The van der Waals surface area contributed by atoms with E-state index in [0.717, 1.165) is 18.4 Å². The van der Waals surface area contributed by atoms with Gasteiger partial charge in [0.15, 0.2) is 11.5 Å². The maximum Gasteiger partial charge on any atom is 0.158 e. The van der Waals surface area contributed by atoms with E-state index in [1.54, 1.807) is 0 Å². The van der Waals surface area contributed by atoms with E-state index < -0.39 is 0 Å². The van der Waals surface area contributed by atoms with Gasteiger partial charge in [0, 0.05) is 5.56 Å². The lowest BCUT2D eigenvalue weighted by Gasteiger charge is -2.05. The highest BCUT2D eigenvalue weighted by molar-refractivity contribution is 5.51. The highest BCUT2D eigenvalue weighted by Gasteiger charge is 2.05. The number of terminal acetylenes is 1. The molecule has 1 aromatic carbocycles. The molecule has 2 heteroatoms. The summed E-state index contributed by atoms with van der Waals surface area (Å²) >= 11 is 0. The second-order valence-electron chi connectivity index (χ2n) is 2.89. The molecule has 0 aliphatic rings. The molecule has 0 fully saturated rings. The third-order valence-corrected chi connectivity index (χ3v) is 1.88. The Morgan fingerprint density at radius 3 is 2.46 bits per heavy atom. The van der Waals surface area contributed by atoms with Gasteiger partial charge in [-0.2, -0.15) is 0 Å². The summed E-state index contributed by atoms with van der Waals surface area (Å²) in [4.78, 5) is 0. The number of aromatic hydroxyl groups is 2. The van der Waals surface area contributed by atoms with Gasteiger partial charge in [0.25, 0.3) is 0 Å². The van der Waals surface area contributed by atoms with Gasteiger partial charge in [-0.3, -0.25) is 0 Å². The standard InChI is InChI=1S/C11H12O2/c1-3-5-9-7-11(13)10(12)6-8(9)4-2/h2,6-7,12-13H,3,5H2,1H3. The predicted octanol–water partition coefficient (Wildman–Crippen LogP) is 2.03. The molecule has 1 rings (SSSR count). The Labute approximate surface area is 77.8 Å². The smallest absolute Gasteiger partial charge is 0.158 e. The van der Waals surface area contributed by atoms with E-state index in [1.165, 1.54) is 12.1 Å². The molecule has 2 nitrogen and oxygen atoms in total. The summed E-state index contributed by atoms with van der Waals surface area (Å²) in [5.41, 5.74) is 1.55. The van der Waals surface area contributed by atoms with Crippen molar-refractivity contribution >= 4 is 0 Å². The minimum Gasteiger partial charge on any atom is -0.504 e. The lowest BCUT2D eigenvalue weighted by atomic mass is 10.0. The van der Waals surface area contributed by atoms with Gasteiger partial charge in [0.1, 0.15) is 0 Å². The van der Waals surface area contributed by atoms with Crippen LogP contribution in [0, 0.1) is 12.3 Å². The van der Waals surface area contributed by atoms with Crippen molar-refractivity contribution in [2.75, 3.05) is 0 Å². The van der Waals surface area contributed by atoms with Crippen molar-refractivity contribution in [1.29, 1.82) is 0 Å². The van der Waals surface area contributed by atoms with Crippen LogP contribution in [-0.2, 0) is 6.42 Å². The SMILES string of the molecule is C#Cc1cc(O)c(O)cc1CCC. The van der Waals surface area contributed by atoms with Gasteiger partial charge in [-0.15, -0.1) is 6.42 Å². The molecule has 0 spiro atoms. The number of hydrogen-bond acceptors (Lipinski definition) is 2. The van der Waals surface area contributed by atoms with Crippen molar-refractivity contribution < 1.29 is 10.2 Å². The molecular formula is C11H12O2. The van der Waals surface area contributed by atoms with Gasteiger partial charge < -0.3 is 10.2 Å². The predicted molar refractivity (Wildman–Crippen MR) is 51.7 cm³/mol. The molecule has 0 saturated carbocycles. The van der Waals surface area contributed by atoms with E-state index in [0.29, 0.717) is 5.56 Å².